The standard InChI is InChI=1S/C48H30F3N3/c49-48(50,51)35-21-24-46(53-42-17-9-7-15-36(42)38-27-33(19-22-44(38)53)31-11-3-1-4-12-31)40(29-35)41-30-52-26-25-47(41)54-43-18-10-8-16-37(43)39-28-34(20-23-45(39)54)32-13-5-2-6-14-32/h1-30H. The average Bonchev–Trinajstić information content (AvgIpc) is 3.73. The molecular weight excluding hydrogens is 676 g/mol. The van der Waals surface area contributed by atoms with Crippen molar-refractivity contribution in [3.05, 3.63) is 188 Å². The Morgan fingerprint density at radius 3 is 1.41 bits per heavy atom. The Balaban J connectivity index is 1.25. The SMILES string of the molecule is FC(F)(F)c1ccc(-n2c3ccccc3c3cc(-c4ccccc4)ccc32)c(-c2cnccc2-n2c3ccccc3c3cc(-c4ccccc4)ccc32)c1. The van der Waals surface area contributed by atoms with Crippen molar-refractivity contribution in [1.29, 1.82) is 0 Å². The normalized spacial score (nSPS) is 12.0. The third kappa shape index (κ3) is 5.10. The second-order valence-electron chi connectivity index (χ2n) is 13.5. The van der Waals surface area contributed by atoms with Gasteiger partial charge in [0, 0.05) is 45.1 Å². The van der Waals surface area contributed by atoms with Crippen LogP contribution in [-0.2, 0) is 6.18 Å². The molecule has 0 aliphatic heterocycles. The monoisotopic (exact) mass is 705 g/mol. The number of halogens is 3. The third-order valence-corrected chi connectivity index (χ3v) is 10.5. The fourth-order valence-corrected chi connectivity index (χ4v) is 8.00. The zero-order valence-electron chi connectivity index (χ0n) is 28.8. The fourth-order valence-electron chi connectivity index (χ4n) is 8.00. The van der Waals surface area contributed by atoms with Crippen LogP contribution in [0.3, 0.4) is 0 Å². The lowest BCUT2D eigenvalue weighted by Crippen LogP contribution is -2.08. The highest BCUT2D eigenvalue weighted by Crippen LogP contribution is 2.43. The molecule has 54 heavy (non-hydrogen) atoms. The van der Waals surface area contributed by atoms with E-state index in [1.807, 2.05) is 72.8 Å². The van der Waals surface area contributed by atoms with Gasteiger partial charge in [-0.2, -0.15) is 13.2 Å². The quantitative estimate of drug-likeness (QED) is 0.175. The zero-order chi connectivity index (χ0) is 36.4. The predicted octanol–water partition coefficient (Wildman–Crippen LogP) is 13.3. The predicted molar refractivity (Wildman–Crippen MR) is 214 cm³/mol. The Morgan fingerprint density at radius 2 is 0.870 bits per heavy atom. The van der Waals surface area contributed by atoms with Crippen LogP contribution in [0.4, 0.5) is 13.2 Å². The second kappa shape index (κ2) is 12.3. The second-order valence-corrected chi connectivity index (χ2v) is 13.5. The van der Waals surface area contributed by atoms with Crippen molar-refractivity contribution in [2.45, 2.75) is 6.18 Å². The molecule has 0 aliphatic carbocycles. The average molecular weight is 706 g/mol. The summed E-state index contributed by atoms with van der Waals surface area (Å²) in [6, 6.07) is 55.3. The lowest BCUT2D eigenvalue weighted by molar-refractivity contribution is -0.137. The van der Waals surface area contributed by atoms with Gasteiger partial charge in [0.15, 0.2) is 0 Å². The molecule has 0 unspecified atom stereocenters. The number of hydrogen-bond acceptors (Lipinski definition) is 1. The Bertz CT molecular complexity index is 3030. The highest BCUT2D eigenvalue weighted by molar-refractivity contribution is 6.12. The van der Waals surface area contributed by atoms with Gasteiger partial charge in [-0.3, -0.25) is 4.98 Å². The largest absolute Gasteiger partial charge is 0.416 e. The molecule has 7 aromatic carbocycles. The fraction of sp³-hybridized carbons (Fsp3) is 0.0208. The van der Waals surface area contributed by atoms with Gasteiger partial charge in [-0.1, -0.05) is 109 Å². The summed E-state index contributed by atoms with van der Waals surface area (Å²) >= 11 is 0. The first kappa shape index (κ1) is 31.8. The van der Waals surface area contributed by atoms with Crippen molar-refractivity contribution in [3.8, 4) is 44.8 Å². The van der Waals surface area contributed by atoms with E-state index in [9.17, 15) is 13.2 Å². The molecule has 0 fully saturated rings. The summed E-state index contributed by atoms with van der Waals surface area (Å²) in [6.07, 6.45) is -1.16. The molecule has 0 radical (unpaired) electrons. The minimum atomic E-state index is -4.55. The van der Waals surface area contributed by atoms with Crippen molar-refractivity contribution >= 4 is 43.6 Å². The van der Waals surface area contributed by atoms with E-state index in [1.54, 1.807) is 18.5 Å². The van der Waals surface area contributed by atoms with Gasteiger partial charge < -0.3 is 9.13 Å². The van der Waals surface area contributed by atoms with Crippen LogP contribution >= 0.6 is 0 Å². The van der Waals surface area contributed by atoms with Crippen molar-refractivity contribution in [1.82, 2.24) is 14.1 Å². The summed E-state index contributed by atoms with van der Waals surface area (Å²) in [5.41, 5.74) is 9.68. The van der Waals surface area contributed by atoms with Crippen LogP contribution in [0.5, 0.6) is 0 Å². The summed E-state index contributed by atoms with van der Waals surface area (Å²) in [7, 11) is 0. The maximum Gasteiger partial charge on any atom is 0.416 e. The van der Waals surface area contributed by atoms with E-state index in [4.69, 9.17) is 0 Å². The number of pyridine rings is 1. The minimum Gasteiger partial charge on any atom is -0.309 e. The molecule has 0 saturated heterocycles. The highest BCUT2D eigenvalue weighted by atomic mass is 19.4. The van der Waals surface area contributed by atoms with Crippen molar-refractivity contribution in [3.63, 3.8) is 0 Å². The molecule has 0 spiro atoms. The van der Waals surface area contributed by atoms with Crippen LogP contribution in [0.1, 0.15) is 5.56 Å². The van der Waals surface area contributed by atoms with Gasteiger partial charge in [0.05, 0.1) is 39.0 Å². The topological polar surface area (TPSA) is 22.8 Å². The van der Waals surface area contributed by atoms with E-state index in [2.05, 4.69) is 93.0 Å². The van der Waals surface area contributed by atoms with Gasteiger partial charge in [0.1, 0.15) is 0 Å². The molecule has 0 aliphatic rings. The number of aromatic nitrogens is 3. The van der Waals surface area contributed by atoms with Crippen LogP contribution < -0.4 is 0 Å². The molecule has 10 aromatic rings. The number of benzene rings is 7. The number of hydrogen-bond donors (Lipinski definition) is 0. The minimum absolute atomic E-state index is 0.426. The van der Waals surface area contributed by atoms with Crippen molar-refractivity contribution < 1.29 is 13.2 Å². The Hall–Kier alpha value is -6.92. The molecule has 0 saturated carbocycles. The number of fused-ring (bicyclic) bond motifs is 6. The Labute approximate surface area is 308 Å². The van der Waals surface area contributed by atoms with Gasteiger partial charge in [-0.15, -0.1) is 0 Å². The molecule has 6 heteroatoms. The lowest BCUT2D eigenvalue weighted by atomic mass is 9.99. The van der Waals surface area contributed by atoms with Crippen LogP contribution in [0, 0.1) is 0 Å². The summed E-state index contributed by atoms with van der Waals surface area (Å²) in [6.45, 7) is 0. The van der Waals surface area contributed by atoms with Gasteiger partial charge in [-0.25, -0.2) is 0 Å². The molecule has 10 rings (SSSR count). The molecule has 3 nitrogen and oxygen atoms in total. The van der Waals surface area contributed by atoms with Crippen molar-refractivity contribution in [2.24, 2.45) is 0 Å². The number of rotatable bonds is 5. The van der Waals surface area contributed by atoms with Crippen LogP contribution in [0.2, 0.25) is 0 Å². The van der Waals surface area contributed by atoms with Gasteiger partial charge in [-0.05, 0) is 82.9 Å². The molecule has 3 aromatic heterocycles. The van der Waals surface area contributed by atoms with E-state index >= 15 is 0 Å². The Morgan fingerprint density at radius 1 is 0.389 bits per heavy atom. The van der Waals surface area contributed by atoms with Gasteiger partial charge in [0.2, 0.25) is 0 Å². The Kier molecular flexibility index (Phi) is 7.27. The highest BCUT2D eigenvalue weighted by Gasteiger charge is 2.32. The number of para-hydroxylation sites is 2. The van der Waals surface area contributed by atoms with Crippen molar-refractivity contribution in [2.75, 3.05) is 0 Å². The van der Waals surface area contributed by atoms with Gasteiger partial charge >= 0.3 is 6.18 Å². The smallest absolute Gasteiger partial charge is 0.309 e. The third-order valence-electron chi connectivity index (χ3n) is 10.5. The van der Waals surface area contributed by atoms with E-state index < -0.39 is 11.7 Å². The van der Waals surface area contributed by atoms with Crippen LogP contribution in [0.25, 0.3) is 88.4 Å². The van der Waals surface area contributed by atoms with Crippen LogP contribution in [-0.4, -0.2) is 14.1 Å². The molecule has 258 valence electrons. The summed E-state index contributed by atoms with van der Waals surface area (Å²) in [4.78, 5) is 4.53. The molecule has 0 bridgehead atoms. The molecule has 0 N–H and O–H groups in total. The summed E-state index contributed by atoms with van der Waals surface area (Å²) in [5.74, 6) is 0. The zero-order valence-corrected chi connectivity index (χ0v) is 28.8. The van der Waals surface area contributed by atoms with E-state index in [0.29, 0.717) is 16.8 Å². The number of alkyl halides is 3. The number of nitrogens with zero attached hydrogens (tertiary/aromatic N) is 3. The molecule has 0 atom stereocenters. The van der Waals surface area contributed by atoms with Crippen LogP contribution in [0.15, 0.2) is 182 Å². The first-order valence-corrected chi connectivity index (χ1v) is 17.8. The maximum atomic E-state index is 14.6. The molecular formula is C48H30F3N3. The maximum absolute atomic E-state index is 14.6. The van der Waals surface area contributed by atoms with Gasteiger partial charge in [0.25, 0.3) is 0 Å². The van der Waals surface area contributed by atoms with E-state index in [1.165, 1.54) is 12.1 Å². The molecule has 0 amide bonds. The molecule has 3 heterocycles. The first-order valence-electron chi connectivity index (χ1n) is 17.8. The lowest BCUT2D eigenvalue weighted by Gasteiger charge is -2.20. The summed E-state index contributed by atoms with van der Waals surface area (Å²) < 4.78 is 48.1. The van der Waals surface area contributed by atoms with E-state index in [-0.39, 0.29) is 0 Å². The van der Waals surface area contributed by atoms with E-state index in [0.717, 1.165) is 71.6 Å². The first-order chi connectivity index (χ1) is 26.4. The summed E-state index contributed by atoms with van der Waals surface area (Å²) in [5, 5.41) is 4.13.